The monoisotopic (exact) mass is 478 g/mol. The van der Waals surface area contributed by atoms with E-state index in [0.29, 0.717) is 36.0 Å². The van der Waals surface area contributed by atoms with Crippen LogP contribution in [-0.2, 0) is 17.8 Å². The van der Waals surface area contributed by atoms with Gasteiger partial charge in [0.25, 0.3) is 0 Å². The average Bonchev–Trinajstić information content (AvgIpc) is 2.87. The Morgan fingerprint density at radius 1 is 1.18 bits per heavy atom. The number of hydrogen-bond donors (Lipinski definition) is 3. The molecule has 4 heterocycles. The molecule has 1 aliphatic carbocycles. The van der Waals surface area contributed by atoms with Crippen LogP contribution in [0.5, 0.6) is 5.88 Å². The Labute approximate surface area is 203 Å². The Bertz CT molecular complexity index is 1180. The maximum Gasteiger partial charge on any atom is 0.235 e. The number of pyridine rings is 3. The van der Waals surface area contributed by atoms with E-state index in [2.05, 4.69) is 25.6 Å². The molecule has 1 fully saturated rings. The molecule has 0 spiro atoms. The van der Waals surface area contributed by atoms with Crippen LogP contribution in [0.4, 0.5) is 5.82 Å². The molecule has 0 bridgehead atoms. The van der Waals surface area contributed by atoms with Crippen LogP contribution in [0.2, 0.25) is 0 Å². The zero-order valence-electron chi connectivity index (χ0n) is 19.3. The molecule has 0 radical (unpaired) electrons. The van der Waals surface area contributed by atoms with Crippen molar-refractivity contribution in [2.75, 3.05) is 18.2 Å². The molecule has 1 atom stereocenters. The van der Waals surface area contributed by atoms with E-state index in [4.69, 9.17) is 10.5 Å². The number of ether oxygens (including phenoxy) is 1. The first-order valence-corrected chi connectivity index (χ1v) is 12.8. The number of anilines is 1. The molecule has 0 saturated heterocycles. The van der Waals surface area contributed by atoms with Gasteiger partial charge in [0.2, 0.25) is 11.8 Å². The summed E-state index contributed by atoms with van der Waals surface area (Å²) >= 11 is 1.54. The van der Waals surface area contributed by atoms with Gasteiger partial charge in [-0.25, -0.2) is 9.97 Å². The molecule has 1 saturated carbocycles. The molecular weight excluding hydrogens is 448 g/mol. The van der Waals surface area contributed by atoms with E-state index in [0.717, 1.165) is 59.3 Å². The summed E-state index contributed by atoms with van der Waals surface area (Å²) in [4.78, 5) is 26.3. The number of fused-ring (bicyclic) bond motifs is 2. The van der Waals surface area contributed by atoms with Crippen LogP contribution in [-0.4, -0.2) is 45.8 Å². The molecule has 0 unspecified atom stereocenters. The van der Waals surface area contributed by atoms with Crippen molar-refractivity contribution in [3.63, 3.8) is 0 Å². The zero-order chi connectivity index (χ0) is 23.5. The van der Waals surface area contributed by atoms with Crippen molar-refractivity contribution in [3.05, 3.63) is 47.8 Å². The SMILES string of the molecule is COc1ccc2nccc(C[C@H](N)C3CCC(NCc4ccc5c(n4)NC(=O)CS5)CC3)c2n1. The zero-order valence-corrected chi connectivity index (χ0v) is 20.1. The van der Waals surface area contributed by atoms with Crippen LogP contribution < -0.4 is 21.1 Å². The van der Waals surface area contributed by atoms with E-state index in [-0.39, 0.29) is 11.9 Å². The van der Waals surface area contributed by atoms with Gasteiger partial charge in [-0.2, -0.15) is 0 Å². The highest BCUT2D eigenvalue weighted by Crippen LogP contribution is 2.31. The first kappa shape index (κ1) is 23.0. The van der Waals surface area contributed by atoms with Crippen molar-refractivity contribution in [2.45, 2.75) is 55.6 Å². The number of aromatic nitrogens is 3. The highest BCUT2D eigenvalue weighted by molar-refractivity contribution is 8.00. The number of thioether (sulfide) groups is 1. The lowest BCUT2D eigenvalue weighted by atomic mass is 9.80. The summed E-state index contributed by atoms with van der Waals surface area (Å²) in [6.45, 7) is 0.700. The number of methoxy groups -OCH3 is 1. The van der Waals surface area contributed by atoms with Crippen LogP contribution in [0.3, 0.4) is 0 Å². The number of nitrogens with two attached hydrogens (primary N) is 1. The molecule has 178 valence electrons. The van der Waals surface area contributed by atoms with Gasteiger partial charge >= 0.3 is 0 Å². The predicted octanol–water partition coefficient (Wildman–Crippen LogP) is 3.30. The molecule has 9 heteroatoms. The molecular formula is C25H30N6O2S. The van der Waals surface area contributed by atoms with Gasteiger partial charge in [-0.15, -0.1) is 11.8 Å². The molecule has 34 heavy (non-hydrogen) atoms. The summed E-state index contributed by atoms with van der Waals surface area (Å²) in [6, 6.07) is 10.4. The van der Waals surface area contributed by atoms with Gasteiger partial charge in [-0.1, -0.05) is 0 Å². The highest BCUT2D eigenvalue weighted by atomic mass is 32.2. The topological polar surface area (TPSA) is 115 Å². The second-order valence-corrected chi connectivity index (χ2v) is 10.1. The van der Waals surface area contributed by atoms with E-state index in [9.17, 15) is 4.79 Å². The van der Waals surface area contributed by atoms with Crippen LogP contribution in [0.1, 0.15) is 36.9 Å². The molecule has 5 rings (SSSR count). The number of nitrogens with zero attached hydrogens (tertiary/aromatic N) is 3. The smallest absolute Gasteiger partial charge is 0.235 e. The van der Waals surface area contributed by atoms with Crippen LogP contribution in [0.25, 0.3) is 11.0 Å². The third kappa shape index (κ3) is 5.16. The third-order valence-electron chi connectivity index (χ3n) is 6.79. The Morgan fingerprint density at radius 2 is 2.03 bits per heavy atom. The standard InChI is InChI=1S/C25H30N6O2S/c1-33-23-9-7-20-24(31-23)16(10-11-27-20)12-19(26)15-2-4-17(5-3-15)28-13-18-6-8-21-25(29-18)30-22(32)14-34-21/h6-11,15,17,19,28H,2-5,12-14,26H2,1H3,(H,29,30,32)/t15?,17?,19-/m0/s1. The average molecular weight is 479 g/mol. The Balaban J connectivity index is 1.14. The summed E-state index contributed by atoms with van der Waals surface area (Å²) in [6.07, 6.45) is 7.01. The summed E-state index contributed by atoms with van der Waals surface area (Å²) in [5, 5.41) is 6.51. The number of nitrogens with one attached hydrogen (secondary N) is 2. The lowest BCUT2D eigenvalue weighted by Crippen LogP contribution is -2.39. The van der Waals surface area contributed by atoms with E-state index < -0.39 is 0 Å². The molecule has 3 aromatic heterocycles. The van der Waals surface area contributed by atoms with Crippen LogP contribution in [0, 0.1) is 5.92 Å². The van der Waals surface area contributed by atoms with E-state index in [1.165, 1.54) is 11.8 Å². The van der Waals surface area contributed by atoms with Gasteiger partial charge in [0.1, 0.15) is 5.82 Å². The van der Waals surface area contributed by atoms with Crippen molar-refractivity contribution >= 4 is 34.5 Å². The summed E-state index contributed by atoms with van der Waals surface area (Å²) in [5.41, 5.74) is 10.5. The normalized spacial score (nSPS) is 21.1. The van der Waals surface area contributed by atoms with Crippen molar-refractivity contribution in [3.8, 4) is 5.88 Å². The molecule has 8 nitrogen and oxygen atoms in total. The van der Waals surface area contributed by atoms with Gasteiger partial charge in [0.15, 0.2) is 0 Å². The fourth-order valence-electron chi connectivity index (χ4n) is 4.86. The summed E-state index contributed by atoms with van der Waals surface area (Å²) in [7, 11) is 1.63. The van der Waals surface area contributed by atoms with Gasteiger partial charge < -0.3 is 21.1 Å². The van der Waals surface area contributed by atoms with Crippen molar-refractivity contribution in [2.24, 2.45) is 11.7 Å². The van der Waals surface area contributed by atoms with Crippen LogP contribution in [0.15, 0.2) is 41.4 Å². The fraction of sp³-hybridized carbons (Fsp3) is 0.440. The first-order valence-electron chi connectivity index (χ1n) is 11.8. The second kappa shape index (κ2) is 10.2. The predicted molar refractivity (Wildman–Crippen MR) is 134 cm³/mol. The maximum absolute atomic E-state index is 11.6. The number of amides is 1. The van der Waals surface area contributed by atoms with E-state index in [1.807, 2.05) is 36.5 Å². The van der Waals surface area contributed by atoms with Gasteiger partial charge in [0, 0.05) is 30.9 Å². The molecule has 2 aliphatic rings. The summed E-state index contributed by atoms with van der Waals surface area (Å²) in [5.74, 6) is 2.24. The number of rotatable bonds is 7. The van der Waals surface area contributed by atoms with E-state index in [1.54, 1.807) is 7.11 Å². The van der Waals surface area contributed by atoms with Crippen molar-refractivity contribution < 1.29 is 9.53 Å². The van der Waals surface area contributed by atoms with E-state index >= 15 is 0 Å². The molecule has 3 aromatic rings. The summed E-state index contributed by atoms with van der Waals surface area (Å²) < 4.78 is 5.30. The molecule has 1 aliphatic heterocycles. The minimum Gasteiger partial charge on any atom is -0.481 e. The maximum atomic E-state index is 11.6. The Morgan fingerprint density at radius 3 is 2.85 bits per heavy atom. The fourth-order valence-corrected chi connectivity index (χ4v) is 5.62. The highest BCUT2D eigenvalue weighted by Gasteiger charge is 2.26. The number of carbonyl (C=O) groups is 1. The lowest BCUT2D eigenvalue weighted by molar-refractivity contribution is -0.113. The minimum atomic E-state index is 0.0134. The van der Waals surface area contributed by atoms with Crippen molar-refractivity contribution in [1.82, 2.24) is 20.3 Å². The quantitative estimate of drug-likeness (QED) is 0.474. The molecule has 1 amide bonds. The Hall–Kier alpha value is -2.75. The second-order valence-electron chi connectivity index (χ2n) is 9.04. The van der Waals surface area contributed by atoms with Gasteiger partial charge in [-0.3, -0.25) is 9.78 Å². The molecule has 4 N–H and O–H groups in total. The third-order valence-corrected chi connectivity index (χ3v) is 7.84. The number of hydrogen-bond acceptors (Lipinski definition) is 8. The first-order chi connectivity index (χ1) is 16.6. The minimum absolute atomic E-state index is 0.0134. The largest absolute Gasteiger partial charge is 0.481 e. The van der Waals surface area contributed by atoms with Gasteiger partial charge in [-0.05, 0) is 67.9 Å². The Kier molecular flexibility index (Phi) is 6.94. The number of carbonyl (C=O) groups excluding carboxylic acids is 1. The van der Waals surface area contributed by atoms with Crippen LogP contribution >= 0.6 is 11.8 Å². The molecule has 0 aromatic carbocycles. The van der Waals surface area contributed by atoms with Crippen molar-refractivity contribution in [1.29, 1.82) is 0 Å². The van der Waals surface area contributed by atoms with Gasteiger partial charge in [0.05, 0.1) is 34.5 Å². The lowest BCUT2D eigenvalue weighted by Gasteiger charge is -2.33.